The zero-order chi connectivity index (χ0) is 11.5. The Kier molecular flexibility index (Phi) is 3.64. The van der Waals surface area contributed by atoms with Gasteiger partial charge in [0.25, 0.3) is 0 Å². The molecule has 2 rings (SSSR count). The third-order valence-corrected chi connectivity index (χ3v) is 3.86. The second-order valence-electron chi connectivity index (χ2n) is 3.21. The molecule has 0 amide bonds. The Morgan fingerprint density at radius 2 is 1.69 bits per heavy atom. The number of nitrogen functional groups attached to an aromatic ring is 1. The van der Waals surface area contributed by atoms with E-state index >= 15 is 0 Å². The Morgan fingerprint density at radius 1 is 0.938 bits per heavy atom. The number of nitrogens with two attached hydrogens (primary N) is 1. The molecule has 0 unspecified atom stereocenters. The van der Waals surface area contributed by atoms with Crippen LogP contribution >= 0.6 is 35.0 Å². The maximum Gasteiger partial charge on any atom is 0.0546 e. The van der Waals surface area contributed by atoms with Crippen molar-refractivity contribution < 1.29 is 0 Å². The lowest BCUT2D eigenvalue weighted by atomic mass is 10.3. The van der Waals surface area contributed by atoms with Gasteiger partial charge in [-0.1, -0.05) is 47.1 Å². The summed E-state index contributed by atoms with van der Waals surface area (Å²) in [7, 11) is 0. The van der Waals surface area contributed by atoms with Crippen LogP contribution in [0, 0.1) is 0 Å². The highest BCUT2D eigenvalue weighted by Crippen LogP contribution is 2.37. The zero-order valence-electron chi connectivity index (χ0n) is 8.28. The van der Waals surface area contributed by atoms with E-state index in [0.717, 1.165) is 15.5 Å². The lowest BCUT2D eigenvalue weighted by Crippen LogP contribution is -1.87. The van der Waals surface area contributed by atoms with Gasteiger partial charge in [0.05, 0.1) is 5.02 Å². The molecular formula is C12H9Cl2NS. The number of hydrogen-bond acceptors (Lipinski definition) is 2. The predicted octanol–water partition coefficient (Wildman–Crippen LogP) is 4.73. The van der Waals surface area contributed by atoms with Crippen LogP contribution in [0.5, 0.6) is 0 Å². The molecule has 0 saturated heterocycles. The van der Waals surface area contributed by atoms with Gasteiger partial charge in [0, 0.05) is 20.5 Å². The van der Waals surface area contributed by atoms with Crippen molar-refractivity contribution in [3.63, 3.8) is 0 Å². The van der Waals surface area contributed by atoms with E-state index in [1.165, 1.54) is 11.8 Å². The fourth-order valence-corrected chi connectivity index (χ4v) is 2.64. The molecule has 0 radical (unpaired) electrons. The van der Waals surface area contributed by atoms with Gasteiger partial charge in [-0.3, -0.25) is 0 Å². The van der Waals surface area contributed by atoms with E-state index in [-0.39, 0.29) is 0 Å². The van der Waals surface area contributed by atoms with E-state index in [4.69, 9.17) is 28.9 Å². The quantitative estimate of drug-likeness (QED) is 0.798. The zero-order valence-corrected chi connectivity index (χ0v) is 10.6. The first-order valence-corrected chi connectivity index (χ1v) is 6.21. The van der Waals surface area contributed by atoms with Crippen LogP contribution in [0.1, 0.15) is 0 Å². The predicted molar refractivity (Wildman–Crippen MR) is 71.4 cm³/mol. The summed E-state index contributed by atoms with van der Waals surface area (Å²) < 4.78 is 0. The number of anilines is 1. The van der Waals surface area contributed by atoms with Crippen molar-refractivity contribution in [3.05, 3.63) is 52.5 Å². The van der Waals surface area contributed by atoms with Gasteiger partial charge in [0.2, 0.25) is 0 Å². The molecule has 0 aliphatic rings. The van der Waals surface area contributed by atoms with Gasteiger partial charge >= 0.3 is 0 Å². The number of benzene rings is 2. The lowest BCUT2D eigenvalue weighted by molar-refractivity contribution is 1.41. The summed E-state index contributed by atoms with van der Waals surface area (Å²) in [5.74, 6) is 0. The molecule has 0 heterocycles. The summed E-state index contributed by atoms with van der Waals surface area (Å²) in [5.41, 5.74) is 6.60. The third kappa shape index (κ3) is 2.64. The molecule has 0 aromatic heterocycles. The minimum absolute atomic E-state index is 0.668. The molecule has 2 aromatic carbocycles. The SMILES string of the molecule is Nc1ccccc1Sc1cc(Cl)ccc1Cl. The molecule has 0 aliphatic heterocycles. The summed E-state index contributed by atoms with van der Waals surface area (Å²) >= 11 is 13.5. The molecule has 82 valence electrons. The second-order valence-corrected chi connectivity index (χ2v) is 5.14. The largest absolute Gasteiger partial charge is 0.398 e. The summed E-state index contributed by atoms with van der Waals surface area (Å²) in [4.78, 5) is 1.89. The topological polar surface area (TPSA) is 26.0 Å². The van der Waals surface area contributed by atoms with E-state index < -0.39 is 0 Å². The van der Waals surface area contributed by atoms with Crippen LogP contribution in [0.25, 0.3) is 0 Å². The van der Waals surface area contributed by atoms with Crippen LogP contribution in [0.2, 0.25) is 10.0 Å². The molecule has 0 fully saturated rings. The normalized spacial score (nSPS) is 10.4. The molecule has 1 nitrogen and oxygen atoms in total. The second kappa shape index (κ2) is 5.00. The maximum atomic E-state index is 6.08. The number of halogens is 2. The van der Waals surface area contributed by atoms with Crippen molar-refractivity contribution in [3.8, 4) is 0 Å². The molecule has 0 bridgehead atoms. The fraction of sp³-hybridized carbons (Fsp3) is 0. The van der Waals surface area contributed by atoms with Crippen molar-refractivity contribution in [2.45, 2.75) is 9.79 Å². The van der Waals surface area contributed by atoms with Crippen LogP contribution in [0.4, 0.5) is 5.69 Å². The first-order valence-electron chi connectivity index (χ1n) is 4.64. The monoisotopic (exact) mass is 269 g/mol. The average molecular weight is 270 g/mol. The molecule has 0 aliphatic carbocycles. The molecule has 2 N–H and O–H groups in total. The average Bonchev–Trinajstić information content (AvgIpc) is 2.27. The Morgan fingerprint density at radius 3 is 2.44 bits per heavy atom. The Labute approximate surface area is 109 Å². The van der Waals surface area contributed by atoms with Crippen molar-refractivity contribution in [2.75, 3.05) is 5.73 Å². The van der Waals surface area contributed by atoms with Gasteiger partial charge in [0.15, 0.2) is 0 Å². The molecule has 4 heteroatoms. The highest BCUT2D eigenvalue weighted by atomic mass is 35.5. The van der Waals surface area contributed by atoms with E-state index in [9.17, 15) is 0 Å². The minimum Gasteiger partial charge on any atom is -0.398 e. The number of hydrogen-bond donors (Lipinski definition) is 1. The molecule has 0 saturated carbocycles. The van der Waals surface area contributed by atoms with Crippen LogP contribution in [0.15, 0.2) is 52.3 Å². The van der Waals surface area contributed by atoms with Crippen LogP contribution in [-0.2, 0) is 0 Å². The third-order valence-electron chi connectivity index (χ3n) is 2.03. The number of rotatable bonds is 2. The van der Waals surface area contributed by atoms with Crippen molar-refractivity contribution in [1.82, 2.24) is 0 Å². The van der Waals surface area contributed by atoms with Gasteiger partial charge in [-0.2, -0.15) is 0 Å². The van der Waals surface area contributed by atoms with E-state index in [2.05, 4.69) is 0 Å². The van der Waals surface area contributed by atoms with Crippen LogP contribution < -0.4 is 5.73 Å². The van der Waals surface area contributed by atoms with E-state index in [0.29, 0.717) is 10.0 Å². The molecular weight excluding hydrogens is 261 g/mol. The Balaban J connectivity index is 2.34. The summed E-state index contributed by atoms with van der Waals surface area (Å²) in [6.45, 7) is 0. The van der Waals surface area contributed by atoms with Gasteiger partial charge in [-0.25, -0.2) is 0 Å². The first-order chi connectivity index (χ1) is 7.66. The molecule has 0 spiro atoms. The maximum absolute atomic E-state index is 6.08. The minimum atomic E-state index is 0.668. The van der Waals surface area contributed by atoms with Crippen molar-refractivity contribution >= 4 is 40.7 Å². The number of para-hydroxylation sites is 1. The molecule has 2 aromatic rings. The van der Waals surface area contributed by atoms with Crippen LogP contribution in [0.3, 0.4) is 0 Å². The Hall–Kier alpha value is -0.830. The van der Waals surface area contributed by atoms with Crippen molar-refractivity contribution in [2.24, 2.45) is 0 Å². The smallest absolute Gasteiger partial charge is 0.0546 e. The van der Waals surface area contributed by atoms with Gasteiger partial charge in [0.1, 0.15) is 0 Å². The van der Waals surface area contributed by atoms with Crippen LogP contribution in [-0.4, -0.2) is 0 Å². The highest BCUT2D eigenvalue weighted by Gasteiger charge is 2.05. The highest BCUT2D eigenvalue weighted by molar-refractivity contribution is 7.99. The Bertz CT molecular complexity index is 514. The van der Waals surface area contributed by atoms with Gasteiger partial charge < -0.3 is 5.73 Å². The molecule has 0 atom stereocenters. The standard InChI is InChI=1S/C12H9Cl2NS/c13-8-5-6-9(14)12(7-8)16-11-4-2-1-3-10(11)15/h1-7H,15H2. The first kappa shape index (κ1) is 11.6. The van der Waals surface area contributed by atoms with Gasteiger partial charge in [-0.05, 0) is 30.3 Å². The van der Waals surface area contributed by atoms with E-state index in [1.807, 2.05) is 30.3 Å². The summed E-state index contributed by atoms with van der Waals surface area (Å²) in [5, 5.41) is 1.35. The van der Waals surface area contributed by atoms with Gasteiger partial charge in [-0.15, -0.1) is 0 Å². The van der Waals surface area contributed by atoms with E-state index in [1.54, 1.807) is 12.1 Å². The summed E-state index contributed by atoms with van der Waals surface area (Å²) in [6.07, 6.45) is 0. The van der Waals surface area contributed by atoms with Crippen molar-refractivity contribution in [1.29, 1.82) is 0 Å². The fourth-order valence-electron chi connectivity index (χ4n) is 1.25. The molecule has 16 heavy (non-hydrogen) atoms. The summed E-state index contributed by atoms with van der Waals surface area (Å²) in [6, 6.07) is 13.0. The lowest BCUT2D eigenvalue weighted by Gasteiger charge is -2.06.